The molecule has 1 N–H and O–H groups in total. The van der Waals surface area contributed by atoms with Crippen LogP contribution in [0.2, 0.25) is 5.02 Å². The van der Waals surface area contributed by atoms with Crippen molar-refractivity contribution in [2.24, 2.45) is 5.92 Å². The van der Waals surface area contributed by atoms with Crippen LogP contribution in [0.25, 0.3) is 11.1 Å². The maximum absolute atomic E-state index is 14.5. The molecule has 1 aliphatic heterocycles. The molecule has 0 spiro atoms. The van der Waals surface area contributed by atoms with Crippen LogP contribution in [0.4, 0.5) is 14.5 Å². The monoisotopic (exact) mass is 535 g/mol. The number of fused-ring (bicyclic) bond motifs is 1. The Morgan fingerprint density at radius 3 is 2.58 bits per heavy atom. The van der Waals surface area contributed by atoms with Crippen LogP contribution in [0.15, 0.2) is 53.4 Å². The highest BCUT2D eigenvalue weighted by atomic mass is 35.5. The molecule has 36 heavy (non-hydrogen) atoms. The van der Waals surface area contributed by atoms with Gasteiger partial charge in [-0.3, -0.25) is 9.10 Å². The zero-order chi connectivity index (χ0) is 26.4. The number of nitrogens with zero attached hydrogens (tertiary/aromatic N) is 1. The molecule has 10 heteroatoms. The second kappa shape index (κ2) is 9.71. The van der Waals surface area contributed by atoms with Crippen molar-refractivity contribution in [1.82, 2.24) is 0 Å². The minimum absolute atomic E-state index is 0.0521. The summed E-state index contributed by atoms with van der Waals surface area (Å²) in [6, 6.07) is 12.0. The largest absolute Gasteiger partial charge is 0.486 e. The lowest BCUT2D eigenvalue weighted by Crippen LogP contribution is -2.44. The van der Waals surface area contributed by atoms with E-state index < -0.39 is 39.6 Å². The minimum Gasteiger partial charge on any atom is -0.486 e. The average molecular weight is 536 g/mol. The number of anilines is 1. The van der Waals surface area contributed by atoms with Gasteiger partial charge in [0.25, 0.3) is 10.0 Å². The van der Waals surface area contributed by atoms with E-state index in [-0.39, 0.29) is 45.4 Å². The van der Waals surface area contributed by atoms with E-state index in [0.717, 1.165) is 15.9 Å². The molecule has 0 bridgehead atoms. The number of benzene rings is 3. The van der Waals surface area contributed by atoms with Crippen LogP contribution in [-0.4, -0.2) is 32.1 Å². The SMILES string of the molecule is Cc1cccc(S(=O)(=O)N2C[C@H](CC(C)C(=O)O)Oc3ccc(-c4cc(F)c(C)c(F)c4Cl)cc32)c1. The van der Waals surface area contributed by atoms with Gasteiger partial charge >= 0.3 is 5.97 Å². The normalized spacial score (nSPS) is 16.3. The third kappa shape index (κ3) is 4.77. The predicted octanol–water partition coefficient (Wildman–Crippen LogP) is 5.97. The van der Waals surface area contributed by atoms with E-state index in [1.165, 1.54) is 44.2 Å². The summed E-state index contributed by atoms with van der Waals surface area (Å²) in [5, 5.41) is 9.05. The molecule has 0 saturated carbocycles. The highest BCUT2D eigenvalue weighted by molar-refractivity contribution is 7.92. The number of hydrogen-bond donors (Lipinski definition) is 1. The Labute approximate surface area is 213 Å². The second-order valence-electron chi connectivity index (χ2n) is 8.91. The van der Waals surface area contributed by atoms with Crippen LogP contribution in [0.3, 0.4) is 0 Å². The summed E-state index contributed by atoms with van der Waals surface area (Å²) in [5.41, 5.74) is 1.04. The van der Waals surface area contributed by atoms with Gasteiger partial charge in [-0.25, -0.2) is 17.2 Å². The van der Waals surface area contributed by atoms with Gasteiger partial charge in [0.1, 0.15) is 23.5 Å². The summed E-state index contributed by atoms with van der Waals surface area (Å²) in [4.78, 5) is 11.5. The summed E-state index contributed by atoms with van der Waals surface area (Å²) in [7, 11) is -4.09. The van der Waals surface area contributed by atoms with E-state index in [9.17, 15) is 27.1 Å². The Bertz CT molecular complexity index is 1460. The quantitative estimate of drug-likeness (QED) is 0.393. The van der Waals surface area contributed by atoms with Crippen LogP contribution < -0.4 is 9.04 Å². The number of aliphatic carboxylic acids is 1. The molecule has 3 aromatic carbocycles. The lowest BCUT2D eigenvalue weighted by atomic mass is 10.00. The Hall–Kier alpha value is -3.17. The molecule has 0 fully saturated rings. The van der Waals surface area contributed by atoms with Gasteiger partial charge < -0.3 is 9.84 Å². The molecule has 1 unspecified atom stereocenters. The van der Waals surface area contributed by atoms with Gasteiger partial charge in [-0.2, -0.15) is 0 Å². The van der Waals surface area contributed by atoms with Crippen molar-refractivity contribution in [3.8, 4) is 16.9 Å². The van der Waals surface area contributed by atoms with Crippen molar-refractivity contribution in [2.75, 3.05) is 10.8 Å². The molecule has 3 aromatic rings. The zero-order valence-electron chi connectivity index (χ0n) is 19.8. The highest BCUT2D eigenvalue weighted by Gasteiger charge is 2.36. The molecule has 4 rings (SSSR count). The standard InChI is InChI=1S/C26H24ClF2NO5S/c1-14-5-4-6-19(9-14)36(33,34)30-13-18(10-15(2)26(31)32)35-23-8-7-17(11-22(23)30)20-12-21(28)16(3)25(29)24(20)27/h4-9,11-12,15,18H,10,13H2,1-3H3,(H,31,32)/t15?,18-/m0/s1. The van der Waals surface area contributed by atoms with Crippen molar-refractivity contribution >= 4 is 33.3 Å². The van der Waals surface area contributed by atoms with Gasteiger partial charge in [0, 0.05) is 11.1 Å². The second-order valence-corrected chi connectivity index (χ2v) is 11.1. The van der Waals surface area contributed by atoms with Gasteiger partial charge in [0.05, 0.1) is 28.1 Å². The Morgan fingerprint density at radius 2 is 1.92 bits per heavy atom. The van der Waals surface area contributed by atoms with Gasteiger partial charge in [-0.05, 0) is 61.7 Å². The zero-order valence-corrected chi connectivity index (χ0v) is 21.3. The number of carboxylic acid groups (broad SMARTS) is 1. The van der Waals surface area contributed by atoms with Gasteiger partial charge in [-0.1, -0.05) is 36.7 Å². The van der Waals surface area contributed by atoms with Crippen molar-refractivity contribution in [2.45, 2.75) is 38.2 Å². The van der Waals surface area contributed by atoms with Crippen LogP contribution in [-0.2, 0) is 14.8 Å². The number of ether oxygens (including phenoxy) is 1. The van der Waals surface area contributed by atoms with Gasteiger partial charge in [-0.15, -0.1) is 0 Å². The molecule has 1 aliphatic rings. The summed E-state index contributed by atoms with van der Waals surface area (Å²) < 4.78 is 63.4. The van der Waals surface area contributed by atoms with E-state index in [2.05, 4.69) is 0 Å². The maximum Gasteiger partial charge on any atom is 0.306 e. The van der Waals surface area contributed by atoms with Crippen molar-refractivity contribution in [1.29, 1.82) is 0 Å². The van der Waals surface area contributed by atoms with Gasteiger partial charge in [0.2, 0.25) is 0 Å². The third-order valence-electron chi connectivity index (χ3n) is 6.20. The molecule has 0 amide bonds. The first kappa shape index (κ1) is 25.9. The van der Waals surface area contributed by atoms with Crippen LogP contribution >= 0.6 is 11.6 Å². The number of sulfonamides is 1. The highest BCUT2D eigenvalue weighted by Crippen LogP contribution is 2.42. The molecular weight excluding hydrogens is 512 g/mol. The third-order valence-corrected chi connectivity index (χ3v) is 8.35. The fraction of sp³-hybridized carbons (Fsp3) is 0.269. The van der Waals surface area contributed by atoms with E-state index in [4.69, 9.17) is 16.3 Å². The lowest BCUT2D eigenvalue weighted by molar-refractivity contribution is -0.142. The van der Waals surface area contributed by atoms with Crippen molar-refractivity contribution in [3.05, 3.63) is 76.3 Å². The van der Waals surface area contributed by atoms with E-state index in [1.54, 1.807) is 19.1 Å². The molecule has 2 atom stereocenters. The molecule has 6 nitrogen and oxygen atoms in total. The molecule has 0 aromatic heterocycles. The average Bonchev–Trinajstić information content (AvgIpc) is 2.84. The summed E-state index contributed by atoms with van der Waals surface area (Å²) in [6.07, 6.45) is -0.650. The first-order valence-corrected chi connectivity index (χ1v) is 13.0. The topological polar surface area (TPSA) is 83.9 Å². The Balaban J connectivity index is 1.86. The number of carbonyl (C=O) groups is 1. The van der Waals surface area contributed by atoms with Crippen LogP contribution in [0, 0.1) is 31.4 Å². The number of aryl methyl sites for hydroxylation is 1. The molecular formula is C26H24ClF2NO5S. The first-order chi connectivity index (χ1) is 16.9. The van der Waals surface area contributed by atoms with E-state index in [0.29, 0.717) is 5.56 Å². The van der Waals surface area contributed by atoms with E-state index in [1.807, 2.05) is 0 Å². The minimum atomic E-state index is -4.09. The maximum atomic E-state index is 14.5. The van der Waals surface area contributed by atoms with Crippen LogP contribution in [0.1, 0.15) is 24.5 Å². The number of halogens is 3. The Morgan fingerprint density at radius 1 is 1.19 bits per heavy atom. The first-order valence-electron chi connectivity index (χ1n) is 11.2. The number of carboxylic acids is 1. The molecule has 0 radical (unpaired) electrons. The smallest absolute Gasteiger partial charge is 0.306 e. The molecule has 1 heterocycles. The number of hydrogen-bond acceptors (Lipinski definition) is 4. The lowest BCUT2D eigenvalue weighted by Gasteiger charge is -2.36. The molecule has 0 saturated heterocycles. The van der Waals surface area contributed by atoms with E-state index >= 15 is 0 Å². The summed E-state index contributed by atoms with van der Waals surface area (Å²) in [5.74, 6) is -3.27. The summed E-state index contributed by atoms with van der Waals surface area (Å²) in [6.45, 7) is 4.42. The molecule has 190 valence electrons. The van der Waals surface area contributed by atoms with Crippen molar-refractivity contribution in [3.63, 3.8) is 0 Å². The molecule has 0 aliphatic carbocycles. The van der Waals surface area contributed by atoms with Gasteiger partial charge in [0.15, 0.2) is 0 Å². The van der Waals surface area contributed by atoms with Crippen LogP contribution in [0.5, 0.6) is 5.75 Å². The number of rotatable bonds is 6. The summed E-state index contributed by atoms with van der Waals surface area (Å²) >= 11 is 6.18. The fourth-order valence-electron chi connectivity index (χ4n) is 4.12. The van der Waals surface area contributed by atoms with Crippen molar-refractivity contribution < 1.29 is 31.8 Å². The fourth-order valence-corrected chi connectivity index (χ4v) is 6.03. The Kier molecular flexibility index (Phi) is 6.99. The predicted molar refractivity (Wildman–Crippen MR) is 133 cm³/mol.